The Labute approximate surface area is 113 Å². The standard InChI is InChI=1S/C11H7Cl2N3S/c1-6-7(5-14)11(17-16-6)15-9-4-2-3-8(12)10(9)13/h2-4,15H,1H3. The van der Waals surface area contributed by atoms with Crippen LogP contribution in [0.5, 0.6) is 0 Å². The molecule has 1 aromatic heterocycles. The predicted octanol–water partition coefficient (Wildman–Crippen LogP) is 4.37. The van der Waals surface area contributed by atoms with Crippen LogP contribution < -0.4 is 5.32 Å². The van der Waals surface area contributed by atoms with Crippen LogP contribution in [0.3, 0.4) is 0 Å². The highest BCUT2D eigenvalue weighted by molar-refractivity contribution is 7.10. The van der Waals surface area contributed by atoms with Gasteiger partial charge in [-0.15, -0.1) is 0 Å². The molecule has 17 heavy (non-hydrogen) atoms. The van der Waals surface area contributed by atoms with Gasteiger partial charge in [0, 0.05) is 0 Å². The summed E-state index contributed by atoms with van der Waals surface area (Å²) in [4.78, 5) is 0. The van der Waals surface area contributed by atoms with Crippen LogP contribution in [-0.4, -0.2) is 4.37 Å². The number of benzene rings is 1. The van der Waals surface area contributed by atoms with Crippen molar-refractivity contribution in [3.05, 3.63) is 39.5 Å². The molecule has 0 radical (unpaired) electrons. The molecule has 2 rings (SSSR count). The Hall–Kier alpha value is -1.28. The first-order valence-corrected chi connectivity index (χ1v) is 6.24. The van der Waals surface area contributed by atoms with Gasteiger partial charge in [-0.2, -0.15) is 9.64 Å². The SMILES string of the molecule is Cc1nsc(Nc2cccc(Cl)c2Cl)c1C#N. The third-order valence-electron chi connectivity index (χ3n) is 2.17. The summed E-state index contributed by atoms with van der Waals surface area (Å²) < 4.78 is 4.12. The van der Waals surface area contributed by atoms with Gasteiger partial charge in [0.05, 0.1) is 21.4 Å². The van der Waals surface area contributed by atoms with Crippen LogP contribution in [0.2, 0.25) is 10.0 Å². The largest absolute Gasteiger partial charge is 0.344 e. The van der Waals surface area contributed by atoms with Gasteiger partial charge in [-0.25, -0.2) is 0 Å². The zero-order valence-corrected chi connectivity index (χ0v) is 11.1. The zero-order valence-electron chi connectivity index (χ0n) is 8.79. The molecule has 0 aliphatic heterocycles. The van der Waals surface area contributed by atoms with Gasteiger partial charge in [0.1, 0.15) is 16.6 Å². The number of nitriles is 1. The van der Waals surface area contributed by atoms with Crippen LogP contribution >= 0.6 is 34.7 Å². The van der Waals surface area contributed by atoms with Crippen molar-refractivity contribution in [1.82, 2.24) is 4.37 Å². The normalized spacial score (nSPS) is 10.0. The van der Waals surface area contributed by atoms with Gasteiger partial charge in [0.2, 0.25) is 0 Å². The van der Waals surface area contributed by atoms with Crippen LogP contribution in [0.4, 0.5) is 10.7 Å². The number of hydrogen-bond donors (Lipinski definition) is 1. The minimum Gasteiger partial charge on any atom is -0.344 e. The van der Waals surface area contributed by atoms with E-state index in [-0.39, 0.29) is 0 Å². The number of anilines is 2. The number of nitrogens with zero attached hydrogens (tertiary/aromatic N) is 2. The van der Waals surface area contributed by atoms with Crippen molar-refractivity contribution in [2.75, 3.05) is 5.32 Å². The third kappa shape index (κ3) is 2.37. The molecule has 1 aromatic carbocycles. The lowest BCUT2D eigenvalue weighted by Crippen LogP contribution is -1.91. The number of nitrogens with one attached hydrogen (secondary N) is 1. The summed E-state index contributed by atoms with van der Waals surface area (Å²) in [6.07, 6.45) is 0. The van der Waals surface area contributed by atoms with E-state index in [2.05, 4.69) is 15.8 Å². The van der Waals surface area contributed by atoms with E-state index in [0.717, 1.165) is 0 Å². The Morgan fingerprint density at radius 1 is 1.41 bits per heavy atom. The van der Waals surface area contributed by atoms with Gasteiger partial charge in [-0.05, 0) is 30.6 Å². The fourth-order valence-corrected chi connectivity index (χ4v) is 2.42. The van der Waals surface area contributed by atoms with Crippen LogP contribution in [0, 0.1) is 18.3 Å². The first-order chi connectivity index (χ1) is 8.13. The van der Waals surface area contributed by atoms with Gasteiger partial charge in [0.25, 0.3) is 0 Å². The van der Waals surface area contributed by atoms with Crippen molar-refractivity contribution >= 4 is 45.4 Å². The lowest BCUT2D eigenvalue weighted by molar-refractivity contribution is 1.31. The first-order valence-electron chi connectivity index (χ1n) is 4.71. The maximum Gasteiger partial charge on any atom is 0.132 e. The van der Waals surface area contributed by atoms with E-state index in [1.807, 2.05) is 0 Å². The van der Waals surface area contributed by atoms with Crippen LogP contribution in [0.15, 0.2) is 18.2 Å². The smallest absolute Gasteiger partial charge is 0.132 e. The molecular formula is C11H7Cl2N3S. The van der Waals surface area contributed by atoms with Crippen molar-refractivity contribution in [2.24, 2.45) is 0 Å². The second-order valence-corrected chi connectivity index (χ2v) is 4.87. The van der Waals surface area contributed by atoms with Crippen LogP contribution in [0.1, 0.15) is 11.3 Å². The highest BCUT2D eigenvalue weighted by Crippen LogP contribution is 2.34. The van der Waals surface area contributed by atoms with Gasteiger partial charge < -0.3 is 5.32 Å². The molecule has 0 aliphatic rings. The van der Waals surface area contributed by atoms with Crippen LogP contribution in [0.25, 0.3) is 0 Å². The summed E-state index contributed by atoms with van der Waals surface area (Å²) in [6, 6.07) is 7.40. The molecule has 3 nitrogen and oxygen atoms in total. The molecule has 1 N–H and O–H groups in total. The Kier molecular flexibility index (Phi) is 3.53. The monoisotopic (exact) mass is 283 g/mol. The molecule has 0 aliphatic carbocycles. The first kappa shape index (κ1) is 12.2. The van der Waals surface area contributed by atoms with E-state index in [1.165, 1.54) is 11.5 Å². The van der Waals surface area contributed by atoms with Crippen molar-refractivity contribution in [3.8, 4) is 6.07 Å². The molecule has 0 spiro atoms. The second-order valence-electron chi connectivity index (χ2n) is 3.31. The number of aryl methyl sites for hydroxylation is 1. The number of halogens is 2. The maximum atomic E-state index is 9.01. The zero-order chi connectivity index (χ0) is 12.4. The minimum absolute atomic E-state index is 0.434. The van der Waals surface area contributed by atoms with E-state index in [9.17, 15) is 0 Å². The van der Waals surface area contributed by atoms with E-state index in [1.54, 1.807) is 25.1 Å². The molecule has 2 aromatic rings. The summed E-state index contributed by atoms with van der Waals surface area (Å²) in [6.45, 7) is 1.79. The van der Waals surface area contributed by atoms with Crippen LogP contribution in [-0.2, 0) is 0 Å². The van der Waals surface area contributed by atoms with E-state index < -0.39 is 0 Å². The van der Waals surface area contributed by atoms with Gasteiger partial charge in [-0.3, -0.25) is 0 Å². The fourth-order valence-electron chi connectivity index (χ4n) is 1.31. The average Bonchev–Trinajstić information content (AvgIpc) is 2.66. The summed E-state index contributed by atoms with van der Waals surface area (Å²) >= 11 is 13.2. The molecule has 0 unspecified atom stereocenters. The Bertz CT molecular complexity index is 601. The fraction of sp³-hybridized carbons (Fsp3) is 0.0909. The van der Waals surface area contributed by atoms with Crippen molar-refractivity contribution in [1.29, 1.82) is 5.26 Å². The quantitative estimate of drug-likeness (QED) is 0.890. The molecule has 86 valence electrons. The number of hydrogen-bond acceptors (Lipinski definition) is 4. The van der Waals surface area contributed by atoms with Gasteiger partial charge in [0.15, 0.2) is 0 Å². The summed E-state index contributed by atoms with van der Waals surface area (Å²) in [5.74, 6) is 0. The molecule has 0 amide bonds. The average molecular weight is 284 g/mol. The topological polar surface area (TPSA) is 48.7 Å². The maximum absolute atomic E-state index is 9.01. The predicted molar refractivity (Wildman–Crippen MR) is 71.3 cm³/mol. The van der Waals surface area contributed by atoms with E-state index in [0.29, 0.717) is 32.0 Å². The summed E-state index contributed by atoms with van der Waals surface area (Å²) in [5, 5.41) is 13.7. The minimum atomic E-state index is 0.434. The molecule has 0 atom stereocenters. The Morgan fingerprint density at radius 3 is 2.88 bits per heavy atom. The Morgan fingerprint density at radius 2 is 2.18 bits per heavy atom. The Balaban J connectivity index is 2.39. The molecule has 0 bridgehead atoms. The summed E-state index contributed by atoms with van der Waals surface area (Å²) in [7, 11) is 0. The van der Waals surface area contributed by atoms with Gasteiger partial charge in [-0.1, -0.05) is 29.3 Å². The second kappa shape index (κ2) is 4.92. The lowest BCUT2D eigenvalue weighted by atomic mass is 10.2. The highest BCUT2D eigenvalue weighted by atomic mass is 35.5. The molecule has 0 fully saturated rings. The molecule has 6 heteroatoms. The van der Waals surface area contributed by atoms with Crippen molar-refractivity contribution in [2.45, 2.75) is 6.92 Å². The highest BCUT2D eigenvalue weighted by Gasteiger charge is 2.12. The molecule has 1 heterocycles. The third-order valence-corrected chi connectivity index (χ3v) is 3.85. The van der Waals surface area contributed by atoms with Crippen molar-refractivity contribution in [3.63, 3.8) is 0 Å². The molecular weight excluding hydrogens is 277 g/mol. The molecule has 0 saturated carbocycles. The number of aromatic nitrogens is 1. The lowest BCUT2D eigenvalue weighted by Gasteiger charge is -2.07. The summed E-state index contributed by atoms with van der Waals surface area (Å²) in [5.41, 5.74) is 1.91. The van der Waals surface area contributed by atoms with E-state index in [4.69, 9.17) is 28.5 Å². The van der Waals surface area contributed by atoms with Gasteiger partial charge >= 0.3 is 0 Å². The van der Waals surface area contributed by atoms with Crippen molar-refractivity contribution < 1.29 is 0 Å². The molecule has 0 saturated heterocycles. The van der Waals surface area contributed by atoms with E-state index >= 15 is 0 Å². The number of rotatable bonds is 2.